The molecule has 0 saturated heterocycles. The van der Waals surface area contributed by atoms with Gasteiger partial charge in [-0.3, -0.25) is 9.59 Å². The van der Waals surface area contributed by atoms with Gasteiger partial charge in [-0.25, -0.2) is 0 Å². The highest BCUT2D eigenvalue weighted by molar-refractivity contribution is 5.78. The van der Waals surface area contributed by atoms with Gasteiger partial charge in [0.2, 0.25) is 5.91 Å². The summed E-state index contributed by atoms with van der Waals surface area (Å²) in [5.74, 6) is -1.03. The Bertz CT molecular complexity index is 265. The number of carbonyl (C=O) groups is 2. The molecule has 0 spiro atoms. The number of carbonyl (C=O) groups excluding carboxylic acids is 1. The lowest BCUT2D eigenvalue weighted by Gasteiger charge is -2.33. The molecule has 0 heterocycles. The van der Waals surface area contributed by atoms with Gasteiger partial charge < -0.3 is 15.2 Å². The molecule has 0 aliphatic rings. The Balaban J connectivity index is 4.34. The summed E-state index contributed by atoms with van der Waals surface area (Å²) in [7, 11) is 0. The number of hydrogen-bond acceptors (Lipinski definition) is 3. The maximum atomic E-state index is 11.6. The van der Waals surface area contributed by atoms with Crippen molar-refractivity contribution in [1.29, 1.82) is 0 Å². The van der Waals surface area contributed by atoms with Crippen LogP contribution in [0, 0.1) is 5.92 Å². The Morgan fingerprint density at radius 3 is 2.41 bits per heavy atom. The zero-order valence-electron chi connectivity index (χ0n) is 11.1. The average Bonchev–Trinajstić information content (AvgIpc) is 2.16. The van der Waals surface area contributed by atoms with Crippen molar-refractivity contribution in [2.45, 2.75) is 46.1 Å². The molecular formula is C12H23NO4. The van der Waals surface area contributed by atoms with Crippen molar-refractivity contribution in [3.05, 3.63) is 0 Å². The van der Waals surface area contributed by atoms with Crippen molar-refractivity contribution in [2.24, 2.45) is 5.92 Å². The van der Waals surface area contributed by atoms with E-state index in [9.17, 15) is 9.59 Å². The van der Waals surface area contributed by atoms with E-state index in [0.29, 0.717) is 13.2 Å². The number of carboxylic acids is 1. The second-order valence-corrected chi connectivity index (χ2v) is 4.64. The van der Waals surface area contributed by atoms with Crippen LogP contribution in [0.25, 0.3) is 0 Å². The van der Waals surface area contributed by atoms with Gasteiger partial charge in [-0.1, -0.05) is 13.8 Å². The molecule has 0 radical (unpaired) electrons. The summed E-state index contributed by atoms with van der Waals surface area (Å²) >= 11 is 0. The zero-order valence-corrected chi connectivity index (χ0v) is 11.1. The second kappa shape index (κ2) is 7.27. The lowest BCUT2D eigenvalue weighted by atomic mass is 9.85. The maximum absolute atomic E-state index is 11.6. The molecule has 0 bridgehead atoms. The summed E-state index contributed by atoms with van der Waals surface area (Å²) in [6.07, 6.45) is 0.181. The van der Waals surface area contributed by atoms with E-state index in [-0.39, 0.29) is 24.7 Å². The molecule has 17 heavy (non-hydrogen) atoms. The molecule has 0 saturated carbocycles. The predicted molar refractivity (Wildman–Crippen MR) is 64.7 cm³/mol. The molecule has 5 nitrogen and oxygen atoms in total. The summed E-state index contributed by atoms with van der Waals surface area (Å²) in [4.78, 5) is 22.4. The van der Waals surface area contributed by atoms with Crippen molar-refractivity contribution in [2.75, 3.05) is 13.2 Å². The van der Waals surface area contributed by atoms with E-state index in [0.717, 1.165) is 0 Å². The standard InChI is InChI=1S/C12H23NO4/c1-5-17-7-6-10(14)13-12(4,9(2)3)8-11(15)16/h9H,5-8H2,1-4H3,(H,13,14)(H,15,16). The lowest BCUT2D eigenvalue weighted by molar-refractivity contribution is -0.139. The lowest BCUT2D eigenvalue weighted by Crippen LogP contribution is -2.51. The minimum Gasteiger partial charge on any atom is -0.481 e. The van der Waals surface area contributed by atoms with Crippen LogP contribution in [0.4, 0.5) is 0 Å². The zero-order chi connectivity index (χ0) is 13.5. The summed E-state index contributed by atoms with van der Waals surface area (Å²) in [6, 6.07) is 0. The fourth-order valence-corrected chi connectivity index (χ4v) is 1.40. The van der Waals surface area contributed by atoms with E-state index >= 15 is 0 Å². The van der Waals surface area contributed by atoms with Gasteiger partial charge in [0.1, 0.15) is 0 Å². The summed E-state index contributed by atoms with van der Waals surface area (Å²) < 4.78 is 5.08. The Kier molecular flexibility index (Phi) is 6.80. The molecule has 0 aromatic carbocycles. The molecule has 0 aromatic rings. The van der Waals surface area contributed by atoms with Gasteiger partial charge in [-0.05, 0) is 19.8 Å². The van der Waals surface area contributed by atoms with E-state index in [1.165, 1.54) is 0 Å². The van der Waals surface area contributed by atoms with E-state index < -0.39 is 11.5 Å². The second-order valence-electron chi connectivity index (χ2n) is 4.64. The number of carboxylic acid groups (broad SMARTS) is 1. The molecule has 100 valence electrons. The third-order valence-corrected chi connectivity index (χ3v) is 2.90. The molecule has 5 heteroatoms. The molecule has 0 aliphatic carbocycles. The molecule has 0 aliphatic heterocycles. The molecule has 1 atom stereocenters. The topological polar surface area (TPSA) is 75.6 Å². The summed E-state index contributed by atoms with van der Waals surface area (Å²) in [6.45, 7) is 8.34. The van der Waals surface area contributed by atoms with Gasteiger partial charge in [0.25, 0.3) is 0 Å². The van der Waals surface area contributed by atoms with Crippen LogP contribution in [0.1, 0.15) is 40.5 Å². The fourth-order valence-electron chi connectivity index (χ4n) is 1.40. The molecule has 2 N–H and O–H groups in total. The first kappa shape index (κ1) is 15.9. The molecule has 1 amide bonds. The Labute approximate surface area is 103 Å². The van der Waals surface area contributed by atoms with Gasteiger partial charge in [0.05, 0.1) is 13.0 Å². The number of rotatable bonds is 8. The first-order valence-electron chi connectivity index (χ1n) is 5.92. The monoisotopic (exact) mass is 245 g/mol. The maximum Gasteiger partial charge on any atom is 0.305 e. The van der Waals surface area contributed by atoms with Crippen LogP contribution in [-0.4, -0.2) is 35.7 Å². The van der Waals surface area contributed by atoms with E-state index in [4.69, 9.17) is 9.84 Å². The first-order chi connectivity index (χ1) is 7.81. The minimum atomic E-state index is -0.911. The highest BCUT2D eigenvalue weighted by atomic mass is 16.5. The van der Waals surface area contributed by atoms with Crippen molar-refractivity contribution < 1.29 is 19.4 Å². The van der Waals surface area contributed by atoms with Crippen molar-refractivity contribution >= 4 is 11.9 Å². The fraction of sp³-hybridized carbons (Fsp3) is 0.833. The molecule has 0 rings (SSSR count). The first-order valence-corrected chi connectivity index (χ1v) is 5.92. The highest BCUT2D eigenvalue weighted by Crippen LogP contribution is 2.20. The normalized spacial score (nSPS) is 14.4. The number of ether oxygens (including phenoxy) is 1. The van der Waals surface area contributed by atoms with E-state index in [1.807, 2.05) is 20.8 Å². The quantitative estimate of drug-likeness (QED) is 0.634. The van der Waals surface area contributed by atoms with Gasteiger partial charge in [-0.2, -0.15) is 0 Å². The highest BCUT2D eigenvalue weighted by Gasteiger charge is 2.32. The smallest absolute Gasteiger partial charge is 0.305 e. The van der Waals surface area contributed by atoms with Gasteiger partial charge in [0, 0.05) is 18.6 Å². The number of aliphatic carboxylic acids is 1. The molecule has 1 unspecified atom stereocenters. The van der Waals surface area contributed by atoms with Crippen LogP contribution in [0.15, 0.2) is 0 Å². The number of amides is 1. The van der Waals surface area contributed by atoms with Crippen LogP contribution in [-0.2, 0) is 14.3 Å². The Hall–Kier alpha value is -1.10. The Morgan fingerprint density at radius 1 is 1.41 bits per heavy atom. The van der Waals surface area contributed by atoms with Crippen LogP contribution < -0.4 is 5.32 Å². The number of hydrogen-bond donors (Lipinski definition) is 2. The minimum absolute atomic E-state index is 0.0506. The third kappa shape index (κ3) is 6.26. The average molecular weight is 245 g/mol. The van der Waals surface area contributed by atoms with E-state index in [1.54, 1.807) is 6.92 Å². The van der Waals surface area contributed by atoms with Gasteiger partial charge in [0.15, 0.2) is 0 Å². The van der Waals surface area contributed by atoms with Crippen molar-refractivity contribution in [3.63, 3.8) is 0 Å². The van der Waals surface area contributed by atoms with Crippen molar-refractivity contribution in [1.82, 2.24) is 5.32 Å². The molecular weight excluding hydrogens is 222 g/mol. The number of nitrogens with one attached hydrogen (secondary N) is 1. The SMILES string of the molecule is CCOCCC(=O)NC(C)(CC(=O)O)C(C)C. The summed E-state index contributed by atoms with van der Waals surface area (Å²) in [5, 5.41) is 11.6. The van der Waals surface area contributed by atoms with E-state index in [2.05, 4.69) is 5.32 Å². The van der Waals surface area contributed by atoms with Crippen LogP contribution >= 0.6 is 0 Å². The molecule has 0 fully saturated rings. The van der Waals surface area contributed by atoms with Crippen LogP contribution in [0.5, 0.6) is 0 Å². The Morgan fingerprint density at radius 2 is 2.00 bits per heavy atom. The third-order valence-electron chi connectivity index (χ3n) is 2.90. The largest absolute Gasteiger partial charge is 0.481 e. The molecule has 0 aromatic heterocycles. The van der Waals surface area contributed by atoms with Gasteiger partial charge in [-0.15, -0.1) is 0 Å². The van der Waals surface area contributed by atoms with Crippen molar-refractivity contribution in [3.8, 4) is 0 Å². The predicted octanol–water partition coefficient (Wildman–Crippen LogP) is 1.42. The van der Waals surface area contributed by atoms with Crippen LogP contribution in [0.2, 0.25) is 0 Å². The van der Waals surface area contributed by atoms with Crippen LogP contribution in [0.3, 0.4) is 0 Å². The van der Waals surface area contributed by atoms with Gasteiger partial charge >= 0.3 is 5.97 Å². The summed E-state index contributed by atoms with van der Waals surface area (Å²) in [5.41, 5.74) is -0.713.